The highest BCUT2D eigenvalue weighted by molar-refractivity contribution is 6.30. The van der Waals surface area contributed by atoms with Gasteiger partial charge in [-0.2, -0.15) is 0 Å². The van der Waals surface area contributed by atoms with E-state index < -0.39 is 23.1 Å². The van der Waals surface area contributed by atoms with E-state index in [2.05, 4.69) is 19.7 Å². The van der Waals surface area contributed by atoms with E-state index in [1.54, 1.807) is 0 Å². The van der Waals surface area contributed by atoms with E-state index in [0.717, 1.165) is 41.8 Å². The van der Waals surface area contributed by atoms with E-state index in [1.165, 1.54) is 13.2 Å². The Bertz CT molecular complexity index is 1470. The first kappa shape index (κ1) is 25.1. The first-order valence-electron chi connectivity index (χ1n) is 13.1. The largest absolute Gasteiger partial charge is 0.494 e. The van der Waals surface area contributed by atoms with Gasteiger partial charge >= 0.3 is 0 Å². The maximum absolute atomic E-state index is 14.5. The van der Waals surface area contributed by atoms with E-state index in [0.29, 0.717) is 36.9 Å². The molecule has 3 fully saturated rings. The van der Waals surface area contributed by atoms with Gasteiger partial charge in [0.2, 0.25) is 0 Å². The quantitative estimate of drug-likeness (QED) is 0.361. The standard InChI is InChI=1S/C28H28ClF4N5O/c1-26(12-28(32,33)13-26)37-10-16-5-18(29)3-4-21(16)38-24(11-37)34-35-25(38)17-8-27(9-17)14-36(15-27)22-7-23(39-2)20(31)6-19(22)30/h3-7,17H,8-15H2,1-2H3. The van der Waals surface area contributed by atoms with Gasteiger partial charge < -0.3 is 9.64 Å². The third-order valence-electron chi connectivity index (χ3n) is 9.11. The molecule has 0 atom stereocenters. The summed E-state index contributed by atoms with van der Waals surface area (Å²) in [7, 11) is 1.36. The highest BCUT2D eigenvalue weighted by atomic mass is 35.5. The number of benzene rings is 2. The van der Waals surface area contributed by atoms with Gasteiger partial charge in [-0.25, -0.2) is 17.6 Å². The summed E-state index contributed by atoms with van der Waals surface area (Å²) in [6, 6.07) is 7.98. The molecule has 1 saturated heterocycles. The minimum absolute atomic E-state index is 0.0253. The van der Waals surface area contributed by atoms with Gasteiger partial charge in [-0.15, -0.1) is 10.2 Å². The number of anilines is 1. The van der Waals surface area contributed by atoms with Crippen LogP contribution in [0.15, 0.2) is 30.3 Å². The van der Waals surface area contributed by atoms with Gasteiger partial charge in [0, 0.05) is 66.5 Å². The number of methoxy groups -OCH3 is 1. The Labute approximate surface area is 228 Å². The van der Waals surface area contributed by atoms with Crippen LogP contribution in [0, 0.1) is 17.0 Å². The molecule has 2 aliphatic heterocycles. The van der Waals surface area contributed by atoms with Crippen molar-refractivity contribution >= 4 is 17.3 Å². The van der Waals surface area contributed by atoms with E-state index in [-0.39, 0.29) is 29.9 Å². The second-order valence-corrected chi connectivity index (χ2v) is 12.5. The Hall–Kier alpha value is -2.85. The summed E-state index contributed by atoms with van der Waals surface area (Å²) in [5, 5.41) is 9.72. The molecule has 0 unspecified atom stereocenters. The number of hydrogen-bond acceptors (Lipinski definition) is 5. The van der Waals surface area contributed by atoms with Crippen LogP contribution in [0.1, 0.15) is 55.7 Å². The van der Waals surface area contributed by atoms with Crippen molar-refractivity contribution in [2.45, 2.75) is 63.1 Å². The van der Waals surface area contributed by atoms with Crippen LogP contribution in [0.2, 0.25) is 5.02 Å². The maximum Gasteiger partial charge on any atom is 0.251 e. The molecular weight excluding hydrogens is 534 g/mol. The number of alkyl halides is 2. The Kier molecular flexibility index (Phi) is 5.37. The van der Waals surface area contributed by atoms with Crippen LogP contribution >= 0.6 is 11.6 Å². The van der Waals surface area contributed by atoms with Crippen LogP contribution in [0.3, 0.4) is 0 Å². The molecule has 6 nitrogen and oxygen atoms in total. The lowest BCUT2D eigenvalue weighted by Gasteiger charge is -2.59. The van der Waals surface area contributed by atoms with Crippen molar-refractivity contribution in [3.8, 4) is 11.4 Å². The highest BCUT2D eigenvalue weighted by Gasteiger charge is 2.57. The summed E-state index contributed by atoms with van der Waals surface area (Å²) >= 11 is 6.35. The first-order valence-corrected chi connectivity index (χ1v) is 13.5. The number of aromatic nitrogens is 3. The summed E-state index contributed by atoms with van der Waals surface area (Å²) in [5.74, 6) is -2.17. The zero-order valence-electron chi connectivity index (χ0n) is 21.7. The van der Waals surface area contributed by atoms with Gasteiger partial charge in [0.05, 0.1) is 25.0 Å². The Morgan fingerprint density at radius 3 is 2.41 bits per heavy atom. The zero-order valence-corrected chi connectivity index (χ0v) is 22.4. The van der Waals surface area contributed by atoms with Crippen LogP contribution in [-0.4, -0.2) is 51.3 Å². The SMILES string of the molecule is COc1cc(N2CC3(CC(c4nnc5n4-c4ccc(Cl)cc4CN(C4(C)CC(F)(F)C4)C5)C3)C2)c(F)cc1F. The second-order valence-electron chi connectivity index (χ2n) is 12.0. The molecule has 3 aromatic rings. The summed E-state index contributed by atoms with van der Waals surface area (Å²) in [6.07, 6.45) is 1.38. The Balaban J connectivity index is 1.13. The molecule has 39 heavy (non-hydrogen) atoms. The lowest BCUT2D eigenvalue weighted by atomic mass is 9.57. The molecule has 0 bridgehead atoms. The molecule has 4 aliphatic rings. The average molecular weight is 562 g/mol. The van der Waals surface area contributed by atoms with Crippen LogP contribution in [-0.2, 0) is 13.1 Å². The summed E-state index contributed by atoms with van der Waals surface area (Å²) < 4.78 is 63.3. The summed E-state index contributed by atoms with van der Waals surface area (Å²) in [5.41, 5.74) is 1.65. The topological polar surface area (TPSA) is 46.4 Å². The lowest BCUT2D eigenvalue weighted by molar-refractivity contribution is -0.173. The van der Waals surface area contributed by atoms with E-state index in [4.69, 9.17) is 16.3 Å². The summed E-state index contributed by atoms with van der Waals surface area (Å²) in [6.45, 7) is 4.15. The zero-order chi connectivity index (χ0) is 27.3. The van der Waals surface area contributed by atoms with Crippen LogP contribution in [0.4, 0.5) is 23.2 Å². The van der Waals surface area contributed by atoms with Crippen molar-refractivity contribution in [3.63, 3.8) is 0 Å². The molecule has 1 spiro atoms. The van der Waals surface area contributed by atoms with E-state index in [1.807, 2.05) is 30.0 Å². The van der Waals surface area contributed by atoms with Crippen molar-refractivity contribution in [2.24, 2.45) is 5.41 Å². The van der Waals surface area contributed by atoms with Gasteiger partial charge in [0.25, 0.3) is 5.92 Å². The molecule has 2 aliphatic carbocycles. The average Bonchev–Trinajstić information content (AvgIpc) is 3.11. The van der Waals surface area contributed by atoms with Crippen LogP contribution in [0.25, 0.3) is 5.69 Å². The fourth-order valence-corrected chi connectivity index (χ4v) is 7.43. The summed E-state index contributed by atoms with van der Waals surface area (Å²) in [4.78, 5) is 4.00. The fraction of sp³-hybridized carbons (Fsp3) is 0.500. The van der Waals surface area contributed by atoms with E-state index in [9.17, 15) is 17.6 Å². The molecule has 3 heterocycles. The Morgan fingerprint density at radius 1 is 0.974 bits per heavy atom. The molecule has 0 amide bonds. The molecule has 2 saturated carbocycles. The molecule has 0 radical (unpaired) electrons. The van der Waals surface area contributed by atoms with E-state index >= 15 is 0 Å². The number of halogens is 5. The molecule has 0 N–H and O–H groups in total. The third-order valence-corrected chi connectivity index (χ3v) is 9.35. The number of hydrogen-bond donors (Lipinski definition) is 0. The minimum Gasteiger partial charge on any atom is -0.494 e. The molecule has 206 valence electrons. The first-order chi connectivity index (χ1) is 18.5. The number of rotatable bonds is 4. The van der Waals surface area contributed by atoms with Crippen molar-refractivity contribution < 1.29 is 22.3 Å². The Morgan fingerprint density at radius 2 is 1.72 bits per heavy atom. The second kappa shape index (κ2) is 8.33. The van der Waals surface area contributed by atoms with Crippen molar-refractivity contribution in [1.29, 1.82) is 0 Å². The number of nitrogens with zero attached hydrogens (tertiary/aromatic N) is 5. The predicted octanol–water partition coefficient (Wildman–Crippen LogP) is 6.09. The minimum atomic E-state index is -2.64. The van der Waals surface area contributed by atoms with Gasteiger partial charge in [-0.05, 0) is 43.5 Å². The van der Waals surface area contributed by atoms with Crippen molar-refractivity contribution in [1.82, 2.24) is 19.7 Å². The van der Waals surface area contributed by atoms with Gasteiger partial charge in [-0.3, -0.25) is 9.47 Å². The lowest BCUT2D eigenvalue weighted by Crippen LogP contribution is -2.62. The van der Waals surface area contributed by atoms with Gasteiger partial charge in [0.15, 0.2) is 17.4 Å². The van der Waals surface area contributed by atoms with Gasteiger partial charge in [-0.1, -0.05) is 11.6 Å². The smallest absolute Gasteiger partial charge is 0.251 e. The number of ether oxygens (including phenoxy) is 1. The maximum atomic E-state index is 14.5. The monoisotopic (exact) mass is 561 g/mol. The van der Waals surface area contributed by atoms with Gasteiger partial charge in [0.1, 0.15) is 11.6 Å². The van der Waals surface area contributed by atoms with Crippen LogP contribution < -0.4 is 9.64 Å². The van der Waals surface area contributed by atoms with Crippen LogP contribution in [0.5, 0.6) is 5.75 Å². The van der Waals surface area contributed by atoms with Crippen molar-refractivity contribution in [3.05, 3.63) is 64.2 Å². The molecule has 7 rings (SSSR count). The number of fused-ring (bicyclic) bond motifs is 3. The molecule has 2 aromatic carbocycles. The molecule has 1 aromatic heterocycles. The molecular formula is C28H28ClF4N5O. The van der Waals surface area contributed by atoms with Crippen molar-refractivity contribution in [2.75, 3.05) is 25.1 Å². The predicted molar refractivity (Wildman–Crippen MR) is 138 cm³/mol. The molecule has 11 heteroatoms. The fourth-order valence-electron chi connectivity index (χ4n) is 7.24. The third kappa shape index (κ3) is 3.93. The highest BCUT2D eigenvalue weighted by Crippen LogP contribution is 2.57. The normalized spacial score (nSPS) is 22.8.